The summed E-state index contributed by atoms with van der Waals surface area (Å²) >= 11 is -2.52. The number of rotatable bonds is 17. The molecule has 0 amide bonds. The van der Waals surface area contributed by atoms with Gasteiger partial charge in [0.2, 0.25) is 0 Å². The molecule has 41 heavy (non-hydrogen) atoms. The maximum absolute atomic E-state index is 6.63. The van der Waals surface area contributed by atoms with E-state index < -0.39 is 32.2 Å². The molecule has 2 atom stereocenters. The summed E-state index contributed by atoms with van der Waals surface area (Å²) in [5.74, 6) is 4.37. The van der Waals surface area contributed by atoms with Gasteiger partial charge in [-0.1, -0.05) is 0 Å². The number of hydrogen-bond acceptors (Lipinski definition) is 4. The molecule has 232 valence electrons. The first kappa shape index (κ1) is 36.2. The van der Waals surface area contributed by atoms with E-state index in [0.29, 0.717) is 0 Å². The molecule has 1 aromatic rings. The van der Waals surface area contributed by atoms with Gasteiger partial charge in [0, 0.05) is 0 Å². The van der Waals surface area contributed by atoms with E-state index >= 15 is 0 Å². The number of unbranched alkanes of at least 4 members (excludes halogenated alkanes) is 3. The van der Waals surface area contributed by atoms with Crippen molar-refractivity contribution in [1.82, 2.24) is 0 Å². The molecule has 0 spiro atoms. The molecule has 4 nitrogen and oxygen atoms in total. The van der Waals surface area contributed by atoms with Crippen LogP contribution in [0.1, 0.15) is 111 Å². The summed E-state index contributed by atoms with van der Waals surface area (Å²) in [4.78, 5) is 0. The van der Waals surface area contributed by atoms with Gasteiger partial charge in [-0.25, -0.2) is 0 Å². The van der Waals surface area contributed by atoms with Gasteiger partial charge in [0.25, 0.3) is 0 Å². The van der Waals surface area contributed by atoms with Crippen molar-refractivity contribution >= 4 is 32.5 Å². The molecular formula is C35H60O4SiSn. The van der Waals surface area contributed by atoms with Gasteiger partial charge in [0.05, 0.1) is 0 Å². The van der Waals surface area contributed by atoms with Gasteiger partial charge >= 0.3 is 259 Å². The van der Waals surface area contributed by atoms with Gasteiger partial charge in [0.1, 0.15) is 0 Å². The van der Waals surface area contributed by atoms with Crippen molar-refractivity contribution in [3.8, 4) is 23.0 Å². The molecule has 0 aromatic heterocycles. The van der Waals surface area contributed by atoms with Gasteiger partial charge in [-0.05, 0) is 0 Å². The fourth-order valence-electron chi connectivity index (χ4n) is 6.11. The number of benzene rings is 1. The summed E-state index contributed by atoms with van der Waals surface area (Å²) in [6.07, 6.45) is 9.66. The SMILES string of the molecule is CCC[CH2][Sn](/[CH]=C/c1cc(OC)c(OC)cc1[C@H]1OC(C)(C)O[C@@H]1C#C[Si](CC)(CC)CC)([CH2]CCC)[CH2]CCC. The summed E-state index contributed by atoms with van der Waals surface area (Å²) < 4.78 is 31.7. The fourth-order valence-corrected chi connectivity index (χ4v) is 22.7. The Balaban J connectivity index is 2.69. The Hall–Kier alpha value is -0.944. The van der Waals surface area contributed by atoms with E-state index in [9.17, 15) is 0 Å². The van der Waals surface area contributed by atoms with Crippen molar-refractivity contribution in [1.29, 1.82) is 0 Å². The molecule has 1 aromatic carbocycles. The van der Waals surface area contributed by atoms with Crippen LogP contribution in [-0.4, -0.2) is 52.6 Å². The van der Waals surface area contributed by atoms with Crippen LogP contribution < -0.4 is 9.47 Å². The third-order valence-electron chi connectivity index (χ3n) is 9.20. The average Bonchev–Trinajstić information content (AvgIpc) is 3.30. The minimum atomic E-state index is -2.52. The topological polar surface area (TPSA) is 36.9 Å². The fraction of sp³-hybridized carbons (Fsp3) is 0.714. The minimum absolute atomic E-state index is 0.291. The Labute approximate surface area is 258 Å². The van der Waals surface area contributed by atoms with Crippen molar-refractivity contribution in [2.24, 2.45) is 0 Å². The van der Waals surface area contributed by atoms with Crippen LogP contribution in [0, 0.1) is 11.5 Å². The quantitative estimate of drug-likeness (QED) is 0.120. The summed E-state index contributed by atoms with van der Waals surface area (Å²) in [6, 6.07) is 7.75. The van der Waals surface area contributed by atoms with Gasteiger partial charge in [-0.3, -0.25) is 0 Å². The predicted octanol–water partition coefficient (Wildman–Crippen LogP) is 10.3. The number of hydrogen-bond donors (Lipinski definition) is 0. The van der Waals surface area contributed by atoms with Crippen molar-refractivity contribution in [2.75, 3.05) is 14.2 Å². The molecule has 0 radical (unpaired) electrons. The zero-order valence-electron chi connectivity index (χ0n) is 28.1. The van der Waals surface area contributed by atoms with Gasteiger partial charge in [-0.2, -0.15) is 0 Å². The Morgan fingerprint density at radius 1 is 0.829 bits per heavy atom. The third-order valence-corrected chi connectivity index (χ3v) is 28.0. The first-order valence-electron chi connectivity index (χ1n) is 16.4. The molecule has 1 aliphatic rings. The molecule has 1 saturated heterocycles. The standard InChI is InChI=1S/C23H33O4Si.3C4H9.Sn/c1-9-17-15-20(24-7)21(25-8)16-18(17)22-19(26-23(5,6)27-22)13-14-28(10-2,11-3)12-4;3*1-3-4-2;/h1,9,15-16,19,22H,10-12H2,2-8H3;3*1,3-4H2,2H3;/t19-,22-;;;;/m1..../s1. The Kier molecular flexibility index (Phi) is 15.4. The molecule has 0 N–H and O–H groups in total. The van der Waals surface area contributed by atoms with Crippen molar-refractivity contribution in [3.63, 3.8) is 0 Å². The summed E-state index contributed by atoms with van der Waals surface area (Å²) in [5.41, 5.74) is 6.01. The molecule has 1 fully saturated rings. The molecule has 2 rings (SSSR count). The van der Waals surface area contributed by atoms with E-state index in [4.69, 9.17) is 18.9 Å². The maximum atomic E-state index is 6.63. The second-order valence-corrected chi connectivity index (χ2v) is 30.4. The Morgan fingerprint density at radius 3 is 1.80 bits per heavy atom. The molecule has 6 heteroatoms. The van der Waals surface area contributed by atoms with Crippen LogP contribution in [-0.2, 0) is 9.47 Å². The van der Waals surface area contributed by atoms with Crippen LogP contribution in [0.4, 0.5) is 0 Å². The number of methoxy groups -OCH3 is 2. The van der Waals surface area contributed by atoms with Crippen molar-refractivity contribution in [3.05, 3.63) is 27.4 Å². The van der Waals surface area contributed by atoms with Crippen LogP contribution in [0.3, 0.4) is 0 Å². The second kappa shape index (κ2) is 17.4. The van der Waals surface area contributed by atoms with Crippen LogP contribution >= 0.6 is 0 Å². The van der Waals surface area contributed by atoms with Crippen molar-refractivity contribution < 1.29 is 18.9 Å². The van der Waals surface area contributed by atoms with E-state index in [-0.39, 0.29) is 12.2 Å². The molecule has 0 aliphatic carbocycles. The summed E-state index contributed by atoms with van der Waals surface area (Å²) in [5, 5.41) is 0. The van der Waals surface area contributed by atoms with E-state index in [1.54, 1.807) is 14.2 Å². The molecule has 0 saturated carbocycles. The van der Waals surface area contributed by atoms with Crippen LogP contribution in [0.5, 0.6) is 11.5 Å². The first-order valence-corrected chi connectivity index (χ1v) is 26.8. The van der Waals surface area contributed by atoms with E-state index in [0.717, 1.165) is 22.6 Å². The summed E-state index contributed by atoms with van der Waals surface area (Å²) in [7, 11) is 1.79. The Morgan fingerprint density at radius 2 is 1.34 bits per heavy atom. The third kappa shape index (κ3) is 10.0. The van der Waals surface area contributed by atoms with E-state index in [1.165, 1.54) is 70.0 Å². The molecule has 1 heterocycles. The zero-order valence-corrected chi connectivity index (χ0v) is 31.9. The summed E-state index contributed by atoms with van der Waals surface area (Å²) in [6.45, 7) is 17.9. The Bertz CT molecular complexity index is 991. The molecular weight excluding hydrogens is 631 g/mol. The van der Waals surface area contributed by atoms with Crippen LogP contribution in [0.2, 0.25) is 31.4 Å². The zero-order chi connectivity index (χ0) is 30.5. The van der Waals surface area contributed by atoms with Gasteiger partial charge < -0.3 is 0 Å². The molecule has 0 bridgehead atoms. The van der Waals surface area contributed by atoms with E-state index in [1.807, 2.05) is 13.8 Å². The van der Waals surface area contributed by atoms with Gasteiger partial charge in [0.15, 0.2) is 0 Å². The first-order chi connectivity index (χ1) is 19.6. The molecule has 1 aliphatic heterocycles. The van der Waals surface area contributed by atoms with Crippen molar-refractivity contribution in [2.45, 2.75) is 143 Å². The second-order valence-electron chi connectivity index (χ2n) is 12.4. The average molecular weight is 692 g/mol. The monoisotopic (exact) mass is 692 g/mol. The van der Waals surface area contributed by atoms with Gasteiger partial charge in [-0.15, -0.1) is 0 Å². The predicted molar refractivity (Wildman–Crippen MR) is 181 cm³/mol. The van der Waals surface area contributed by atoms with Crippen LogP contribution in [0.25, 0.3) is 6.08 Å². The number of ether oxygens (including phenoxy) is 4. The molecule has 0 unspecified atom stereocenters. The normalized spacial score (nSPS) is 18.9. The van der Waals surface area contributed by atoms with E-state index in [2.05, 4.69) is 75.3 Å². The van der Waals surface area contributed by atoms with Crippen LogP contribution in [0.15, 0.2) is 16.2 Å².